The third-order valence-electron chi connectivity index (χ3n) is 4.81. The molecule has 0 bridgehead atoms. The van der Waals surface area contributed by atoms with Crippen molar-refractivity contribution in [3.63, 3.8) is 0 Å². The third-order valence-corrected chi connectivity index (χ3v) is 4.81. The summed E-state index contributed by atoms with van der Waals surface area (Å²) in [6.07, 6.45) is 2.46. The van der Waals surface area contributed by atoms with Crippen molar-refractivity contribution in [3.8, 4) is 11.1 Å². The van der Waals surface area contributed by atoms with Gasteiger partial charge >= 0.3 is 0 Å². The van der Waals surface area contributed by atoms with E-state index in [1.807, 2.05) is 49.1 Å². The van der Waals surface area contributed by atoms with Crippen LogP contribution in [0.5, 0.6) is 0 Å². The summed E-state index contributed by atoms with van der Waals surface area (Å²) in [6, 6.07) is 13.0. The second-order valence-electron chi connectivity index (χ2n) is 6.76. The molecule has 25 heavy (non-hydrogen) atoms. The number of rotatable bonds is 6. The van der Waals surface area contributed by atoms with E-state index in [4.69, 9.17) is 5.73 Å². The van der Waals surface area contributed by atoms with Gasteiger partial charge in [-0.05, 0) is 73.6 Å². The molecular weight excluding hydrogens is 312 g/mol. The fourth-order valence-electron chi connectivity index (χ4n) is 3.03. The lowest BCUT2D eigenvalue weighted by Crippen LogP contribution is -2.32. The molecule has 0 spiro atoms. The summed E-state index contributed by atoms with van der Waals surface area (Å²) in [5.74, 6) is 0.324. The van der Waals surface area contributed by atoms with Crippen molar-refractivity contribution in [1.82, 2.24) is 4.90 Å². The number of carbonyl (C=O) groups excluding carboxylic acids is 2. The average Bonchev–Trinajstić information content (AvgIpc) is 3.44. The molecule has 1 aliphatic carbocycles. The molecule has 0 aliphatic heterocycles. The molecule has 1 saturated carbocycles. The number of hydrogen-bond acceptors (Lipinski definition) is 2. The maximum absolute atomic E-state index is 12.8. The Morgan fingerprint density at radius 3 is 2.28 bits per heavy atom. The van der Waals surface area contributed by atoms with Gasteiger partial charge in [-0.15, -0.1) is 0 Å². The topological polar surface area (TPSA) is 63.4 Å². The second kappa shape index (κ2) is 7.09. The Hall–Kier alpha value is -2.62. The van der Waals surface area contributed by atoms with Crippen molar-refractivity contribution in [3.05, 3.63) is 59.2 Å². The number of benzene rings is 2. The van der Waals surface area contributed by atoms with Gasteiger partial charge in [0.2, 0.25) is 5.91 Å². The largest absolute Gasteiger partial charge is 0.366 e. The summed E-state index contributed by atoms with van der Waals surface area (Å²) in [7, 11) is 0. The zero-order chi connectivity index (χ0) is 18.0. The third kappa shape index (κ3) is 3.90. The molecule has 2 N–H and O–H groups in total. The van der Waals surface area contributed by atoms with Crippen molar-refractivity contribution in [2.24, 2.45) is 11.7 Å². The molecule has 2 amide bonds. The van der Waals surface area contributed by atoms with Crippen LogP contribution in [0.1, 0.15) is 46.0 Å². The van der Waals surface area contributed by atoms with Crippen LogP contribution in [0.15, 0.2) is 42.5 Å². The van der Waals surface area contributed by atoms with E-state index in [0.717, 1.165) is 29.8 Å². The van der Waals surface area contributed by atoms with Crippen molar-refractivity contribution in [2.75, 3.05) is 13.1 Å². The van der Waals surface area contributed by atoms with E-state index in [0.29, 0.717) is 17.0 Å². The van der Waals surface area contributed by atoms with Crippen molar-refractivity contribution < 1.29 is 9.59 Å². The van der Waals surface area contributed by atoms with Crippen molar-refractivity contribution >= 4 is 11.8 Å². The molecule has 0 heterocycles. The van der Waals surface area contributed by atoms with Crippen molar-refractivity contribution in [1.29, 1.82) is 0 Å². The van der Waals surface area contributed by atoms with Gasteiger partial charge in [-0.25, -0.2) is 0 Å². The van der Waals surface area contributed by atoms with Gasteiger partial charge in [0.1, 0.15) is 0 Å². The zero-order valence-corrected chi connectivity index (χ0v) is 14.8. The molecule has 4 heteroatoms. The normalized spacial score (nSPS) is 13.5. The van der Waals surface area contributed by atoms with Crippen LogP contribution < -0.4 is 5.73 Å². The van der Waals surface area contributed by atoms with Gasteiger partial charge in [0.15, 0.2) is 0 Å². The Kier molecular flexibility index (Phi) is 4.88. The average molecular weight is 336 g/mol. The first-order valence-electron chi connectivity index (χ1n) is 8.79. The number of primary amides is 1. The lowest BCUT2D eigenvalue weighted by atomic mass is 9.96. The Bertz CT molecular complexity index is 792. The fraction of sp³-hybridized carbons (Fsp3) is 0.333. The molecule has 4 nitrogen and oxygen atoms in total. The maximum atomic E-state index is 12.8. The van der Waals surface area contributed by atoms with Gasteiger partial charge in [0.05, 0.1) is 0 Å². The van der Waals surface area contributed by atoms with Crippen LogP contribution in [-0.2, 0) is 0 Å². The highest BCUT2D eigenvalue weighted by molar-refractivity contribution is 5.96. The maximum Gasteiger partial charge on any atom is 0.253 e. The van der Waals surface area contributed by atoms with Gasteiger partial charge < -0.3 is 10.6 Å². The number of carbonyl (C=O) groups is 2. The first kappa shape index (κ1) is 17.2. The van der Waals surface area contributed by atoms with Gasteiger partial charge in [-0.3, -0.25) is 9.59 Å². The summed E-state index contributed by atoms with van der Waals surface area (Å²) in [5, 5.41) is 0. The predicted molar refractivity (Wildman–Crippen MR) is 99.4 cm³/mol. The number of aryl methyl sites for hydroxylation is 1. The Morgan fingerprint density at radius 2 is 1.72 bits per heavy atom. The minimum absolute atomic E-state index is 0.0874. The van der Waals surface area contributed by atoms with Gasteiger partial charge in [-0.1, -0.05) is 18.2 Å². The summed E-state index contributed by atoms with van der Waals surface area (Å²) < 4.78 is 0. The molecule has 0 saturated heterocycles. The molecule has 0 atom stereocenters. The van der Waals surface area contributed by atoms with Gasteiger partial charge in [0.25, 0.3) is 5.91 Å². The predicted octanol–water partition coefficient (Wildman–Crippen LogP) is 3.63. The van der Waals surface area contributed by atoms with Crippen LogP contribution in [0.25, 0.3) is 11.1 Å². The summed E-state index contributed by atoms with van der Waals surface area (Å²) in [6.45, 7) is 5.63. The molecule has 2 aromatic rings. The first-order valence-corrected chi connectivity index (χ1v) is 8.79. The molecule has 0 unspecified atom stereocenters. The molecule has 1 aliphatic rings. The van der Waals surface area contributed by atoms with Crippen LogP contribution in [0.2, 0.25) is 0 Å². The SMILES string of the molecule is CCN(CC1CC1)C(=O)c1ccc(C)c(-c2ccc(C(N)=O)cc2)c1. The Balaban J connectivity index is 1.89. The molecule has 0 radical (unpaired) electrons. The molecule has 2 aromatic carbocycles. The van der Waals surface area contributed by atoms with Crippen LogP contribution in [0.3, 0.4) is 0 Å². The summed E-state index contributed by atoms with van der Waals surface area (Å²) in [5.41, 5.74) is 9.56. The molecule has 0 aromatic heterocycles. The Labute approximate surface area is 148 Å². The first-order chi connectivity index (χ1) is 12.0. The lowest BCUT2D eigenvalue weighted by molar-refractivity contribution is 0.0756. The van der Waals surface area contributed by atoms with Crippen LogP contribution in [0.4, 0.5) is 0 Å². The summed E-state index contributed by atoms with van der Waals surface area (Å²) in [4.78, 5) is 26.0. The number of amides is 2. The minimum atomic E-state index is -0.439. The van der Waals surface area contributed by atoms with Gasteiger partial charge in [0, 0.05) is 24.2 Å². The molecule has 1 fully saturated rings. The second-order valence-corrected chi connectivity index (χ2v) is 6.76. The van der Waals surface area contributed by atoms with E-state index < -0.39 is 5.91 Å². The van der Waals surface area contributed by atoms with E-state index in [2.05, 4.69) is 0 Å². The van der Waals surface area contributed by atoms with E-state index in [9.17, 15) is 9.59 Å². The van der Waals surface area contributed by atoms with Crippen LogP contribution >= 0.6 is 0 Å². The Morgan fingerprint density at radius 1 is 1.08 bits per heavy atom. The number of nitrogens with zero attached hydrogens (tertiary/aromatic N) is 1. The van der Waals surface area contributed by atoms with Crippen LogP contribution in [0, 0.1) is 12.8 Å². The molecule has 130 valence electrons. The summed E-state index contributed by atoms with van der Waals surface area (Å²) >= 11 is 0. The van der Waals surface area contributed by atoms with E-state index in [1.165, 1.54) is 12.8 Å². The smallest absolute Gasteiger partial charge is 0.253 e. The van der Waals surface area contributed by atoms with Crippen LogP contribution in [-0.4, -0.2) is 29.8 Å². The zero-order valence-electron chi connectivity index (χ0n) is 14.8. The number of nitrogens with two attached hydrogens (primary N) is 1. The quantitative estimate of drug-likeness (QED) is 0.875. The lowest BCUT2D eigenvalue weighted by Gasteiger charge is -2.21. The highest BCUT2D eigenvalue weighted by Gasteiger charge is 2.26. The van der Waals surface area contributed by atoms with Crippen molar-refractivity contribution in [2.45, 2.75) is 26.7 Å². The monoisotopic (exact) mass is 336 g/mol. The fourth-order valence-corrected chi connectivity index (χ4v) is 3.03. The van der Waals surface area contributed by atoms with E-state index in [1.54, 1.807) is 12.1 Å². The minimum Gasteiger partial charge on any atom is -0.366 e. The molecule has 3 rings (SSSR count). The highest BCUT2D eigenvalue weighted by Crippen LogP contribution is 2.31. The van der Waals surface area contributed by atoms with E-state index >= 15 is 0 Å². The van der Waals surface area contributed by atoms with Gasteiger partial charge in [-0.2, -0.15) is 0 Å². The number of hydrogen-bond donors (Lipinski definition) is 1. The molecular formula is C21H24N2O2. The van der Waals surface area contributed by atoms with E-state index in [-0.39, 0.29) is 5.91 Å². The standard InChI is InChI=1S/C21H24N2O2/c1-3-23(13-15-5-6-15)21(25)18-7-4-14(2)19(12-18)16-8-10-17(11-9-16)20(22)24/h4,7-12,15H,3,5-6,13H2,1-2H3,(H2,22,24). The highest BCUT2D eigenvalue weighted by atomic mass is 16.2.